The maximum absolute atomic E-state index is 11.8. The van der Waals surface area contributed by atoms with Crippen molar-refractivity contribution in [1.82, 2.24) is 20.4 Å². The van der Waals surface area contributed by atoms with Gasteiger partial charge in [0, 0.05) is 19.3 Å². The summed E-state index contributed by atoms with van der Waals surface area (Å²) in [5.41, 5.74) is 0. The van der Waals surface area contributed by atoms with E-state index in [9.17, 15) is 13.2 Å². The number of carbonyl (C=O) groups is 1. The second kappa shape index (κ2) is 5.55. The van der Waals surface area contributed by atoms with Gasteiger partial charge in [0.25, 0.3) is 0 Å². The summed E-state index contributed by atoms with van der Waals surface area (Å²) in [6, 6.07) is -0.196. The molecule has 106 valence electrons. The van der Waals surface area contributed by atoms with Gasteiger partial charge in [0.15, 0.2) is 0 Å². The van der Waals surface area contributed by atoms with Crippen LogP contribution in [0.25, 0.3) is 0 Å². The zero-order chi connectivity index (χ0) is 13.9. The predicted molar refractivity (Wildman–Crippen MR) is 65.1 cm³/mol. The van der Waals surface area contributed by atoms with Crippen LogP contribution in [0.2, 0.25) is 0 Å². The molecule has 1 aromatic rings. The molecule has 1 fully saturated rings. The highest BCUT2D eigenvalue weighted by molar-refractivity contribution is 7.90. The number of carbonyl (C=O) groups excluding carboxylic acids is 1. The summed E-state index contributed by atoms with van der Waals surface area (Å²) in [6.07, 6.45) is 4.14. The zero-order valence-electron chi connectivity index (χ0n) is 10.6. The number of likely N-dealkylation sites (tertiary alicyclic amines) is 1. The standard InChI is InChI=1S/C10H16N4O4S/c1-19(16,17)10-13-12-8(18-10)7-11-9(15)14-5-3-2-4-6-14/h2-7H2,1H3,(H,11,15). The fourth-order valence-electron chi connectivity index (χ4n) is 1.82. The molecule has 8 nitrogen and oxygen atoms in total. The Labute approximate surface area is 111 Å². The van der Waals surface area contributed by atoms with Gasteiger partial charge < -0.3 is 14.6 Å². The third kappa shape index (κ3) is 3.66. The van der Waals surface area contributed by atoms with Crippen LogP contribution in [0.1, 0.15) is 25.2 Å². The predicted octanol–water partition coefficient (Wildman–Crippen LogP) is 0.169. The van der Waals surface area contributed by atoms with Gasteiger partial charge >= 0.3 is 11.3 Å². The topological polar surface area (TPSA) is 105 Å². The minimum absolute atomic E-state index is 0.0256. The maximum Gasteiger partial charge on any atom is 0.335 e. The number of hydrogen-bond donors (Lipinski definition) is 1. The van der Waals surface area contributed by atoms with Crippen LogP contribution in [0.4, 0.5) is 4.79 Å². The van der Waals surface area contributed by atoms with Crippen molar-refractivity contribution in [2.75, 3.05) is 19.3 Å². The molecule has 1 saturated heterocycles. The van der Waals surface area contributed by atoms with Gasteiger partial charge in [-0.15, -0.1) is 5.10 Å². The summed E-state index contributed by atoms with van der Waals surface area (Å²) in [4.78, 5) is 13.5. The highest BCUT2D eigenvalue weighted by atomic mass is 32.2. The number of urea groups is 1. The van der Waals surface area contributed by atoms with Gasteiger partial charge in [0.05, 0.1) is 6.54 Å². The maximum atomic E-state index is 11.8. The van der Waals surface area contributed by atoms with Crippen molar-refractivity contribution >= 4 is 15.9 Å². The first kappa shape index (κ1) is 13.8. The van der Waals surface area contributed by atoms with Gasteiger partial charge in [-0.2, -0.15) is 0 Å². The summed E-state index contributed by atoms with van der Waals surface area (Å²) in [7, 11) is -3.50. The molecule has 1 N–H and O–H groups in total. The van der Waals surface area contributed by atoms with Crippen LogP contribution in [0.5, 0.6) is 0 Å². The number of piperidine rings is 1. The Morgan fingerprint density at radius 2 is 2.00 bits per heavy atom. The van der Waals surface area contributed by atoms with Crippen molar-refractivity contribution in [2.45, 2.75) is 31.0 Å². The Morgan fingerprint density at radius 1 is 1.32 bits per heavy atom. The van der Waals surface area contributed by atoms with Crippen molar-refractivity contribution in [1.29, 1.82) is 0 Å². The van der Waals surface area contributed by atoms with E-state index >= 15 is 0 Å². The van der Waals surface area contributed by atoms with Crippen LogP contribution >= 0.6 is 0 Å². The number of sulfone groups is 1. The third-order valence-corrected chi connectivity index (χ3v) is 3.60. The highest BCUT2D eigenvalue weighted by Gasteiger charge is 2.19. The molecule has 1 aromatic heterocycles. The van der Waals surface area contributed by atoms with Crippen molar-refractivity contribution in [3.63, 3.8) is 0 Å². The molecule has 2 rings (SSSR count). The van der Waals surface area contributed by atoms with Crippen LogP contribution in [0, 0.1) is 0 Å². The van der Waals surface area contributed by atoms with Crippen LogP contribution in [-0.4, -0.2) is 48.9 Å². The molecule has 0 saturated carbocycles. The molecule has 0 radical (unpaired) electrons. The third-order valence-electron chi connectivity index (χ3n) is 2.80. The normalized spacial score (nSPS) is 16.4. The molecule has 0 aromatic carbocycles. The Bertz CT molecular complexity index is 548. The van der Waals surface area contributed by atoms with Crippen molar-refractivity contribution in [3.8, 4) is 0 Å². The first-order valence-corrected chi connectivity index (χ1v) is 7.91. The van der Waals surface area contributed by atoms with Crippen molar-refractivity contribution in [3.05, 3.63) is 5.89 Å². The van der Waals surface area contributed by atoms with Crippen LogP contribution in [0.15, 0.2) is 9.64 Å². The first-order valence-electron chi connectivity index (χ1n) is 6.02. The van der Waals surface area contributed by atoms with Gasteiger partial charge in [-0.3, -0.25) is 0 Å². The number of nitrogens with one attached hydrogen (secondary N) is 1. The molecule has 0 atom stereocenters. The Morgan fingerprint density at radius 3 is 2.58 bits per heavy atom. The van der Waals surface area contributed by atoms with Crippen molar-refractivity contribution < 1.29 is 17.6 Å². The van der Waals surface area contributed by atoms with E-state index in [1.807, 2.05) is 0 Å². The lowest BCUT2D eigenvalue weighted by molar-refractivity contribution is 0.184. The average molecular weight is 288 g/mol. The van der Waals surface area contributed by atoms with E-state index in [0.29, 0.717) is 0 Å². The van der Waals surface area contributed by atoms with E-state index < -0.39 is 15.1 Å². The molecule has 2 amide bonds. The first-order chi connectivity index (χ1) is 8.97. The molecule has 0 unspecified atom stereocenters. The lowest BCUT2D eigenvalue weighted by Gasteiger charge is -2.26. The summed E-state index contributed by atoms with van der Waals surface area (Å²) in [5.74, 6) is 0.0748. The largest absolute Gasteiger partial charge is 0.411 e. The molecular weight excluding hydrogens is 272 g/mol. The van der Waals surface area contributed by atoms with Crippen LogP contribution in [0.3, 0.4) is 0 Å². The number of amides is 2. The number of hydrogen-bond acceptors (Lipinski definition) is 6. The summed E-state index contributed by atoms with van der Waals surface area (Å²) in [5, 5.41) is 9.17. The Hall–Kier alpha value is -1.64. The molecule has 1 aliphatic rings. The molecule has 19 heavy (non-hydrogen) atoms. The minimum Gasteiger partial charge on any atom is -0.411 e. The Kier molecular flexibility index (Phi) is 4.03. The number of nitrogens with zero attached hydrogens (tertiary/aromatic N) is 3. The molecule has 0 bridgehead atoms. The number of rotatable bonds is 3. The van der Waals surface area contributed by atoms with Gasteiger partial charge in [-0.1, -0.05) is 5.10 Å². The van der Waals surface area contributed by atoms with Gasteiger partial charge in [-0.05, 0) is 19.3 Å². The van der Waals surface area contributed by atoms with Crippen LogP contribution < -0.4 is 5.32 Å². The van der Waals surface area contributed by atoms with E-state index in [0.717, 1.165) is 38.6 Å². The molecule has 0 aliphatic carbocycles. The zero-order valence-corrected chi connectivity index (χ0v) is 11.4. The minimum atomic E-state index is -3.50. The lowest BCUT2D eigenvalue weighted by Crippen LogP contribution is -2.42. The molecule has 9 heteroatoms. The molecule has 0 spiro atoms. The van der Waals surface area contributed by atoms with E-state index in [-0.39, 0.29) is 18.5 Å². The average Bonchev–Trinajstić information content (AvgIpc) is 2.86. The SMILES string of the molecule is CS(=O)(=O)c1nnc(CNC(=O)N2CCCCC2)o1. The monoisotopic (exact) mass is 288 g/mol. The number of aromatic nitrogens is 2. The molecule has 1 aliphatic heterocycles. The van der Waals surface area contributed by atoms with Gasteiger partial charge in [0.1, 0.15) is 0 Å². The van der Waals surface area contributed by atoms with E-state index in [4.69, 9.17) is 4.42 Å². The highest BCUT2D eigenvalue weighted by Crippen LogP contribution is 2.09. The lowest BCUT2D eigenvalue weighted by atomic mass is 10.1. The Balaban J connectivity index is 1.88. The molecule has 2 heterocycles. The smallest absolute Gasteiger partial charge is 0.335 e. The summed E-state index contributed by atoms with van der Waals surface area (Å²) in [6.45, 7) is 1.51. The van der Waals surface area contributed by atoms with Gasteiger partial charge in [0.2, 0.25) is 15.7 Å². The summed E-state index contributed by atoms with van der Waals surface area (Å²) < 4.78 is 27.2. The van der Waals surface area contributed by atoms with Crippen LogP contribution in [-0.2, 0) is 16.4 Å². The fraction of sp³-hybridized carbons (Fsp3) is 0.700. The van der Waals surface area contributed by atoms with E-state index in [1.54, 1.807) is 4.90 Å². The van der Waals surface area contributed by atoms with Gasteiger partial charge in [-0.25, -0.2) is 13.2 Å². The van der Waals surface area contributed by atoms with Crippen molar-refractivity contribution in [2.24, 2.45) is 0 Å². The second-order valence-corrected chi connectivity index (χ2v) is 6.33. The quantitative estimate of drug-likeness (QED) is 0.849. The molecular formula is C10H16N4O4S. The second-order valence-electron chi connectivity index (χ2n) is 4.44. The fourth-order valence-corrected chi connectivity index (χ4v) is 2.26. The van der Waals surface area contributed by atoms with E-state index in [2.05, 4.69) is 15.5 Å². The van der Waals surface area contributed by atoms with E-state index in [1.165, 1.54) is 0 Å². The summed E-state index contributed by atoms with van der Waals surface area (Å²) >= 11 is 0.